The number of nitrogens with one attached hydrogen (secondary N) is 1. The summed E-state index contributed by atoms with van der Waals surface area (Å²) in [4.78, 5) is 0. The van der Waals surface area contributed by atoms with Crippen LogP contribution in [-0.2, 0) is 0 Å². The molecule has 4 nitrogen and oxygen atoms in total. The van der Waals surface area contributed by atoms with Gasteiger partial charge in [-0.2, -0.15) is 10.4 Å². The first-order valence-electron chi connectivity index (χ1n) is 10.5. The van der Waals surface area contributed by atoms with Crippen molar-refractivity contribution in [2.45, 2.75) is 64.9 Å². The van der Waals surface area contributed by atoms with Crippen LogP contribution in [0.4, 0.5) is 0 Å². The molecule has 0 unspecified atom stereocenters. The SMILES string of the molecule is C[C@]12CC[C@H](O)CC1=CC[C@@H]1[C@@H]2CC[C@]2(C)C(c3[nH]ncc3C#N)=CC[C@@H]12. The summed E-state index contributed by atoms with van der Waals surface area (Å²) in [5.74, 6) is 2.07. The van der Waals surface area contributed by atoms with E-state index >= 15 is 0 Å². The van der Waals surface area contributed by atoms with Crippen LogP contribution < -0.4 is 0 Å². The van der Waals surface area contributed by atoms with Crippen molar-refractivity contribution in [3.8, 4) is 6.07 Å². The van der Waals surface area contributed by atoms with Gasteiger partial charge in [-0.1, -0.05) is 31.6 Å². The van der Waals surface area contributed by atoms with E-state index in [2.05, 4.69) is 42.3 Å². The van der Waals surface area contributed by atoms with Crippen molar-refractivity contribution < 1.29 is 5.11 Å². The number of nitrogens with zero attached hydrogens (tertiary/aromatic N) is 2. The molecule has 27 heavy (non-hydrogen) atoms. The van der Waals surface area contributed by atoms with Gasteiger partial charge in [0.2, 0.25) is 0 Å². The molecule has 0 aromatic carbocycles. The lowest BCUT2D eigenvalue weighted by atomic mass is 9.47. The van der Waals surface area contributed by atoms with E-state index in [1.807, 2.05) is 0 Å². The third kappa shape index (κ3) is 2.27. The van der Waals surface area contributed by atoms with Crippen molar-refractivity contribution in [1.29, 1.82) is 5.26 Å². The molecule has 1 aromatic rings. The Morgan fingerprint density at radius 1 is 1.15 bits per heavy atom. The predicted molar refractivity (Wildman–Crippen MR) is 104 cm³/mol. The normalized spacial score (nSPS) is 43.0. The van der Waals surface area contributed by atoms with Gasteiger partial charge in [-0.05, 0) is 79.1 Å². The van der Waals surface area contributed by atoms with E-state index < -0.39 is 0 Å². The van der Waals surface area contributed by atoms with Gasteiger partial charge in [0.1, 0.15) is 6.07 Å². The van der Waals surface area contributed by atoms with Gasteiger partial charge in [0.05, 0.1) is 23.6 Å². The molecule has 5 rings (SSSR count). The number of H-pyrrole nitrogens is 1. The zero-order valence-electron chi connectivity index (χ0n) is 16.3. The molecular formula is C23H29N3O. The number of rotatable bonds is 1. The molecule has 1 aromatic heterocycles. The summed E-state index contributed by atoms with van der Waals surface area (Å²) >= 11 is 0. The molecule has 0 aliphatic heterocycles. The number of aromatic nitrogens is 2. The van der Waals surface area contributed by atoms with Crippen LogP contribution in [0.15, 0.2) is 23.9 Å². The molecule has 0 saturated heterocycles. The Morgan fingerprint density at radius 2 is 1.96 bits per heavy atom. The average molecular weight is 364 g/mol. The molecule has 2 N–H and O–H groups in total. The monoisotopic (exact) mass is 363 g/mol. The fourth-order valence-corrected chi connectivity index (χ4v) is 7.17. The van der Waals surface area contributed by atoms with Crippen molar-refractivity contribution in [1.82, 2.24) is 10.2 Å². The fourth-order valence-electron chi connectivity index (χ4n) is 7.17. The van der Waals surface area contributed by atoms with Crippen molar-refractivity contribution in [3.63, 3.8) is 0 Å². The molecule has 6 atom stereocenters. The first kappa shape index (κ1) is 17.3. The first-order chi connectivity index (χ1) is 13.0. The van der Waals surface area contributed by atoms with Crippen LogP contribution >= 0.6 is 0 Å². The number of aliphatic hydroxyl groups excluding tert-OH is 1. The molecule has 0 spiro atoms. The number of hydrogen-bond acceptors (Lipinski definition) is 3. The van der Waals surface area contributed by atoms with E-state index in [0.717, 1.165) is 43.7 Å². The summed E-state index contributed by atoms with van der Waals surface area (Å²) in [5, 5.41) is 26.9. The molecule has 4 aliphatic carbocycles. The van der Waals surface area contributed by atoms with Crippen LogP contribution in [0, 0.1) is 39.9 Å². The number of aliphatic hydroxyl groups is 1. The van der Waals surface area contributed by atoms with Crippen LogP contribution in [0.5, 0.6) is 0 Å². The second-order valence-corrected chi connectivity index (χ2v) is 9.74. The van der Waals surface area contributed by atoms with Crippen molar-refractivity contribution >= 4 is 5.57 Å². The molecule has 1 heterocycles. The van der Waals surface area contributed by atoms with Gasteiger partial charge in [-0.15, -0.1) is 0 Å². The second kappa shape index (κ2) is 5.82. The zero-order valence-corrected chi connectivity index (χ0v) is 16.3. The quantitative estimate of drug-likeness (QED) is 0.716. The molecule has 142 valence electrons. The first-order valence-corrected chi connectivity index (χ1v) is 10.5. The van der Waals surface area contributed by atoms with Crippen molar-refractivity contribution in [2.24, 2.45) is 28.6 Å². The highest BCUT2D eigenvalue weighted by molar-refractivity contribution is 5.74. The highest BCUT2D eigenvalue weighted by Gasteiger charge is 2.57. The van der Waals surface area contributed by atoms with E-state index in [9.17, 15) is 10.4 Å². The van der Waals surface area contributed by atoms with E-state index in [0.29, 0.717) is 17.4 Å². The van der Waals surface area contributed by atoms with Gasteiger partial charge in [0, 0.05) is 0 Å². The fraction of sp³-hybridized carbons (Fsp3) is 0.652. The van der Waals surface area contributed by atoms with E-state index in [4.69, 9.17) is 0 Å². The van der Waals surface area contributed by atoms with E-state index in [1.54, 1.807) is 6.20 Å². The molecule has 4 aliphatic rings. The van der Waals surface area contributed by atoms with Gasteiger partial charge < -0.3 is 5.11 Å². The van der Waals surface area contributed by atoms with Crippen molar-refractivity contribution in [2.75, 3.05) is 0 Å². The largest absolute Gasteiger partial charge is 0.393 e. The highest BCUT2D eigenvalue weighted by Crippen LogP contribution is 2.66. The third-order valence-electron chi connectivity index (χ3n) is 8.69. The van der Waals surface area contributed by atoms with Gasteiger partial charge in [-0.25, -0.2) is 0 Å². The van der Waals surface area contributed by atoms with Crippen LogP contribution in [0.3, 0.4) is 0 Å². The summed E-state index contributed by atoms with van der Waals surface area (Å²) in [6.07, 6.45) is 14.0. The molecule has 0 bridgehead atoms. The third-order valence-corrected chi connectivity index (χ3v) is 8.69. The number of aromatic amines is 1. The Labute approximate surface area is 161 Å². The van der Waals surface area contributed by atoms with Crippen molar-refractivity contribution in [3.05, 3.63) is 35.2 Å². The highest BCUT2D eigenvalue weighted by atomic mass is 16.3. The molecule has 2 saturated carbocycles. The predicted octanol–water partition coefficient (Wildman–Crippen LogP) is 4.60. The maximum atomic E-state index is 10.2. The van der Waals surface area contributed by atoms with Gasteiger partial charge in [0.15, 0.2) is 0 Å². The lowest BCUT2D eigenvalue weighted by molar-refractivity contribution is -0.0238. The van der Waals surface area contributed by atoms with Crippen LogP contribution in [0.25, 0.3) is 5.57 Å². The molecule has 0 amide bonds. The van der Waals surface area contributed by atoms with Gasteiger partial charge in [-0.3, -0.25) is 5.10 Å². The van der Waals surface area contributed by atoms with Gasteiger partial charge in [0.25, 0.3) is 0 Å². The maximum Gasteiger partial charge on any atom is 0.103 e. The summed E-state index contributed by atoms with van der Waals surface area (Å²) in [6.45, 7) is 4.89. The Balaban J connectivity index is 1.49. The Bertz CT molecular complexity index is 874. The van der Waals surface area contributed by atoms with Crippen LogP contribution in [0.2, 0.25) is 0 Å². The Hall–Kier alpha value is -1.86. The number of allylic oxidation sites excluding steroid dienone is 3. The summed E-state index contributed by atoms with van der Waals surface area (Å²) in [5.41, 5.74) is 4.87. The zero-order chi connectivity index (χ0) is 18.8. The second-order valence-electron chi connectivity index (χ2n) is 9.74. The number of fused-ring (bicyclic) bond motifs is 5. The summed E-state index contributed by atoms with van der Waals surface area (Å²) in [6, 6.07) is 2.30. The minimum Gasteiger partial charge on any atom is -0.393 e. The van der Waals surface area contributed by atoms with Crippen LogP contribution in [0.1, 0.15) is 70.1 Å². The smallest absolute Gasteiger partial charge is 0.103 e. The Kier molecular flexibility index (Phi) is 3.72. The van der Waals surface area contributed by atoms with E-state index in [1.165, 1.54) is 24.0 Å². The lowest BCUT2D eigenvalue weighted by Gasteiger charge is -2.57. The summed E-state index contributed by atoms with van der Waals surface area (Å²) < 4.78 is 0. The minimum absolute atomic E-state index is 0.134. The Morgan fingerprint density at radius 3 is 2.78 bits per heavy atom. The van der Waals surface area contributed by atoms with Crippen LogP contribution in [-0.4, -0.2) is 21.4 Å². The maximum absolute atomic E-state index is 10.2. The number of nitriles is 1. The number of hydrogen-bond donors (Lipinski definition) is 2. The summed E-state index contributed by atoms with van der Waals surface area (Å²) in [7, 11) is 0. The molecular weight excluding hydrogens is 334 g/mol. The van der Waals surface area contributed by atoms with E-state index in [-0.39, 0.29) is 16.9 Å². The molecule has 2 fully saturated rings. The van der Waals surface area contributed by atoms with Gasteiger partial charge >= 0.3 is 0 Å². The minimum atomic E-state index is -0.140. The topological polar surface area (TPSA) is 72.7 Å². The average Bonchev–Trinajstić information content (AvgIpc) is 3.25. The molecule has 4 heteroatoms. The standard InChI is InChI=1S/C23H29N3O/c1-22-9-7-16(27)11-15(22)3-4-17-18-5-6-20(21-14(12-24)13-25-26-21)23(18,2)10-8-19(17)22/h3,6,13,16-19,27H,4-5,7-11H2,1-2H3,(H,25,26)/t16-,17-,18-,19-,22-,23-/m0/s1. The lowest BCUT2D eigenvalue weighted by Crippen LogP contribution is -2.49. The molecule has 0 radical (unpaired) electrons.